The molecule has 0 amide bonds. The van der Waals surface area contributed by atoms with Gasteiger partial charge in [0.25, 0.3) is 5.89 Å². The molecule has 0 radical (unpaired) electrons. The number of nitrogens with zero attached hydrogens (tertiary/aromatic N) is 3. The molecule has 1 unspecified atom stereocenters. The van der Waals surface area contributed by atoms with E-state index in [9.17, 15) is 0 Å². The third kappa shape index (κ3) is 2.42. The number of aromatic amines is 1. The maximum Gasteiger partial charge on any atom is 0.279 e. The normalized spacial score (nSPS) is 19.1. The summed E-state index contributed by atoms with van der Waals surface area (Å²) < 4.78 is 5.39. The zero-order valence-corrected chi connectivity index (χ0v) is 11.7. The van der Waals surface area contributed by atoms with Crippen LogP contribution in [0.25, 0.3) is 22.5 Å². The predicted octanol–water partition coefficient (Wildman–Crippen LogP) is 2.15. The number of hydrogen-bond acceptors (Lipinski definition) is 5. The van der Waals surface area contributed by atoms with Crippen molar-refractivity contribution in [1.29, 1.82) is 0 Å². The van der Waals surface area contributed by atoms with Gasteiger partial charge in [0.1, 0.15) is 0 Å². The summed E-state index contributed by atoms with van der Waals surface area (Å²) in [6, 6.07) is 7.94. The van der Waals surface area contributed by atoms with E-state index in [1.165, 1.54) is 12.8 Å². The summed E-state index contributed by atoms with van der Waals surface area (Å²) in [7, 11) is 0. The maximum absolute atomic E-state index is 5.39. The number of nitrogens with one attached hydrogen (secondary N) is 2. The van der Waals surface area contributed by atoms with Crippen molar-refractivity contribution >= 4 is 10.9 Å². The average Bonchev–Trinajstić information content (AvgIpc) is 3.14. The van der Waals surface area contributed by atoms with Crippen molar-refractivity contribution in [2.75, 3.05) is 13.1 Å². The Hall–Kier alpha value is -2.21. The Labute approximate surface area is 121 Å². The van der Waals surface area contributed by atoms with E-state index in [0.29, 0.717) is 11.8 Å². The molecule has 1 fully saturated rings. The minimum Gasteiger partial charge on any atom is -0.332 e. The first-order chi connectivity index (χ1) is 10.4. The molecule has 1 atom stereocenters. The zero-order valence-electron chi connectivity index (χ0n) is 11.7. The van der Waals surface area contributed by atoms with Gasteiger partial charge < -0.3 is 9.84 Å². The lowest BCUT2D eigenvalue weighted by Gasteiger charge is -2.20. The highest BCUT2D eigenvalue weighted by Gasteiger charge is 2.19. The van der Waals surface area contributed by atoms with Crippen LogP contribution >= 0.6 is 0 Å². The molecule has 21 heavy (non-hydrogen) atoms. The van der Waals surface area contributed by atoms with Gasteiger partial charge >= 0.3 is 0 Å². The summed E-state index contributed by atoms with van der Waals surface area (Å²) in [5.74, 6) is 1.86. The average molecular weight is 283 g/mol. The monoisotopic (exact) mass is 283 g/mol. The highest BCUT2D eigenvalue weighted by atomic mass is 16.5. The van der Waals surface area contributed by atoms with Gasteiger partial charge in [-0.15, -0.1) is 0 Å². The van der Waals surface area contributed by atoms with Crippen LogP contribution in [0, 0.1) is 5.92 Å². The van der Waals surface area contributed by atoms with E-state index in [1.807, 2.05) is 24.3 Å². The highest BCUT2D eigenvalue weighted by molar-refractivity contribution is 5.90. The minimum atomic E-state index is 0.492. The molecule has 2 N–H and O–H groups in total. The van der Waals surface area contributed by atoms with E-state index >= 15 is 0 Å². The third-order valence-electron chi connectivity index (χ3n) is 4.01. The van der Waals surface area contributed by atoms with E-state index in [0.717, 1.165) is 41.9 Å². The van der Waals surface area contributed by atoms with Crippen molar-refractivity contribution in [1.82, 2.24) is 25.7 Å². The van der Waals surface area contributed by atoms with Gasteiger partial charge in [0.2, 0.25) is 0 Å². The second kappa shape index (κ2) is 5.29. The van der Waals surface area contributed by atoms with Crippen LogP contribution in [0.15, 0.2) is 28.8 Å². The molecule has 1 aliphatic rings. The van der Waals surface area contributed by atoms with Crippen LogP contribution in [0.5, 0.6) is 0 Å². The van der Waals surface area contributed by atoms with Gasteiger partial charge in [-0.3, -0.25) is 5.10 Å². The minimum absolute atomic E-state index is 0.492. The first-order valence-corrected chi connectivity index (χ1v) is 7.37. The molecule has 3 aromatic rings. The van der Waals surface area contributed by atoms with Crippen LogP contribution in [-0.4, -0.2) is 33.4 Å². The lowest BCUT2D eigenvalue weighted by Crippen LogP contribution is -2.31. The molecule has 1 aliphatic heterocycles. The first-order valence-electron chi connectivity index (χ1n) is 7.37. The van der Waals surface area contributed by atoms with Crippen molar-refractivity contribution in [3.05, 3.63) is 30.1 Å². The summed E-state index contributed by atoms with van der Waals surface area (Å²) in [4.78, 5) is 4.51. The molecule has 0 aliphatic carbocycles. The highest BCUT2D eigenvalue weighted by Crippen LogP contribution is 2.25. The molecule has 1 aromatic carbocycles. The molecule has 1 saturated heterocycles. The molecular weight excluding hydrogens is 266 g/mol. The number of benzene rings is 1. The van der Waals surface area contributed by atoms with Crippen LogP contribution in [0.1, 0.15) is 18.7 Å². The fraction of sp³-hybridized carbons (Fsp3) is 0.400. The summed E-state index contributed by atoms with van der Waals surface area (Å²) in [5, 5.41) is 15.8. The van der Waals surface area contributed by atoms with Gasteiger partial charge in [0.15, 0.2) is 11.5 Å². The Kier molecular flexibility index (Phi) is 3.16. The Morgan fingerprint density at radius 1 is 1.29 bits per heavy atom. The molecule has 0 spiro atoms. The van der Waals surface area contributed by atoms with E-state index in [2.05, 4.69) is 25.7 Å². The summed E-state index contributed by atoms with van der Waals surface area (Å²) in [6.07, 6.45) is 3.31. The Balaban J connectivity index is 1.59. The largest absolute Gasteiger partial charge is 0.332 e. The van der Waals surface area contributed by atoms with Crippen molar-refractivity contribution < 1.29 is 4.52 Å². The van der Waals surface area contributed by atoms with Crippen LogP contribution in [-0.2, 0) is 6.42 Å². The van der Waals surface area contributed by atoms with Crippen molar-refractivity contribution in [3.63, 3.8) is 0 Å². The summed E-state index contributed by atoms with van der Waals surface area (Å²) in [5.41, 5.74) is 1.70. The first kappa shape index (κ1) is 12.5. The van der Waals surface area contributed by atoms with Crippen LogP contribution in [0.4, 0.5) is 0 Å². The molecular formula is C15H17N5O. The Morgan fingerprint density at radius 2 is 2.24 bits per heavy atom. The molecule has 0 bridgehead atoms. The lowest BCUT2D eigenvalue weighted by molar-refractivity contribution is 0.359. The molecule has 3 heterocycles. The van der Waals surface area contributed by atoms with E-state index < -0.39 is 0 Å². The second-order valence-corrected chi connectivity index (χ2v) is 5.55. The SMILES string of the molecule is c1ccc2c(-c3nc(CC4CCCNC4)no3)n[nH]c2c1. The molecule has 0 saturated carbocycles. The van der Waals surface area contributed by atoms with Gasteiger partial charge in [-0.05, 0) is 37.9 Å². The van der Waals surface area contributed by atoms with Crippen molar-refractivity contribution in [2.45, 2.75) is 19.3 Å². The molecule has 4 rings (SSSR count). The van der Waals surface area contributed by atoms with Gasteiger partial charge in [0.05, 0.1) is 5.52 Å². The number of fused-ring (bicyclic) bond motifs is 1. The molecule has 108 valence electrons. The molecule has 2 aromatic heterocycles. The fourth-order valence-electron chi connectivity index (χ4n) is 2.92. The third-order valence-corrected chi connectivity index (χ3v) is 4.01. The number of aromatic nitrogens is 4. The van der Waals surface area contributed by atoms with E-state index in [4.69, 9.17) is 4.52 Å². The number of H-pyrrole nitrogens is 1. The van der Waals surface area contributed by atoms with Gasteiger partial charge in [-0.1, -0.05) is 23.4 Å². The van der Waals surface area contributed by atoms with Gasteiger partial charge in [-0.2, -0.15) is 10.1 Å². The number of para-hydroxylation sites is 1. The van der Waals surface area contributed by atoms with Gasteiger partial charge in [0, 0.05) is 11.8 Å². The predicted molar refractivity (Wildman–Crippen MR) is 78.7 cm³/mol. The number of rotatable bonds is 3. The quantitative estimate of drug-likeness (QED) is 0.770. The number of piperidine rings is 1. The molecule has 6 nitrogen and oxygen atoms in total. The fourth-order valence-corrected chi connectivity index (χ4v) is 2.92. The van der Waals surface area contributed by atoms with E-state index in [1.54, 1.807) is 0 Å². The maximum atomic E-state index is 5.39. The smallest absolute Gasteiger partial charge is 0.279 e. The van der Waals surface area contributed by atoms with Crippen molar-refractivity contribution in [2.24, 2.45) is 5.92 Å². The Morgan fingerprint density at radius 3 is 3.14 bits per heavy atom. The van der Waals surface area contributed by atoms with Gasteiger partial charge in [-0.25, -0.2) is 0 Å². The topological polar surface area (TPSA) is 79.6 Å². The lowest BCUT2D eigenvalue weighted by atomic mass is 9.96. The standard InChI is InChI=1S/C15H17N5O/c1-2-6-12-11(5-1)14(19-18-12)15-17-13(20-21-15)8-10-4-3-7-16-9-10/h1-2,5-6,10,16H,3-4,7-9H2,(H,18,19). The van der Waals surface area contributed by atoms with Crippen LogP contribution in [0.3, 0.4) is 0 Å². The van der Waals surface area contributed by atoms with Crippen molar-refractivity contribution in [3.8, 4) is 11.6 Å². The molecule has 6 heteroatoms. The van der Waals surface area contributed by atoms with Crippen LogP contribution in [0.2, 0.25) is 0 Å². The second-order valence-electron chi connectivity index (χ2n) is 5.55. The van der Waals surface area contributed by atoms with Crippen LogP contribution < -0.4 is 5.32 Å². The van der Waals surface area contributed by atoms with E-state index in [-0.39, 0.29) is 0 Å². The summed E-state index contributed by atoms with van der Waals surface area (Å²) >= 11 is 0. The Bertz CT molecular complexity index is 741. The number of hydrogen-bond donors (Lipinski definition) is 2. The zero-order chi connectivity index (χ0) is 14.1. The summed E-state index contributed by atoms with van der Waals surface area (Å²) in [6.45, 7) is 2.16.